The van der Waals surface area contributed by atoms with Crippen LogP contribution in [0.5, 0.6) is 0 Å². The lowest BCUT2D eigenvalue weighted by Gasteiger charge is -2.55. The number of carboxylic acid groups (broad SMARTS) is 1. The Balaban J connectivity index is 0.000000215. The van der Waals surface area contributed by atoms with Crippen LogP contribution in [0.4, 0.5) is 0 Å². The number of hydrogen-bond acceptors (Lipinski definition) is 6. The fourth-order valence-corrected chi connectivity index (χ4v) is 6.26. The highest BCUT2D eigenvalue weighted by molar-refractivity contribution is 7.99. The Morgan fingerprint density at radius 3 is 1.96 bits per heavy atom. The smallest absolute Gasteiger partial charge is 0.345 e. The highest BCUT2D eigenvalue weighted by atomic mass is 32.2. The van der Waals surface area contributed by atoms with Gasteiger partial charge in [-0.15, -0.1) is 0 Å². The number of thioether (sulfide) groups is 1. The molecule has 28 heavy (non-hydrogen) atoms. The van der Waals surface area contributed by atoms with E-state index in [4.69, 9.17) is 15.6 Å². The van der Waals surface area contributed by atoms with Crippen molar-refractivity contribution in [3.63, 3.8) is 0 Å². The molecule has 0 aromatic carbocycles. The second kappa shape index (κ2) is 10.6. The third kappa shape index (κ3) is 7.13. The van der Waals surface area contributed by atoms with E-state index in [1.807, 2.05) is 0 Å². The van der Waals surface area contributed by atoms with Crippen molar-refractivity contribution in [3.05, 3.63) is 0 Å². The second-order valence-electron chi connectivity index (χ2n) is 9.56. The molecule has 2 atom stereocenters. The molecular formula is C21H37NO4S2. The molecule has 4 fully saturated rings. The van der Waals surface area contributed by atoms with Gasteiger partial charge in [-0.3, -0.25) is 4.79 Å². The Morgan fingerprint density at radius 2 is 1.61 bits per heavy atom. The number of rotatable bonds is 8. The molecule has 7 heteroatoms. The molecule has 0 amide bonds. The van der Waals surface area contributed by atoms with Crippen LogP contribution in [0.3, 0.4) is 0 Å². The monoisotopic (exact) mass is 431 g/mol. The van der Waals surface area contributed by atoms with Crippen molar-refractivity contribution in [1.29, 1.82) is 0 Å². The second-order valence-corrected chi connectivity index (χ2v) is 11.0. The van der Waals surface area contributed by atoms with Gasteiger partial charge in [-0.25, -0.2) is 4.79 Å². The van der Waals surface area contributed by atoms with Gasteiger partial charge in [0.05, 0.1) is 5.92 Å². The van der Waals surface area contributed by atoms with E-state index in [1.54, 1.807) is 6.92 Å². The first-order chi connectivity index (χ1) is 13.1. The van der Waals surface area contributed by atoms with Crippen molar-refractivity contribution in [2.75, 3.05) is 17.3 Å². The van der Waals surface area contributed by atoms with Crippen molar-refractivity contribution in [1.82, 2.24) is 0 Å². The highest BCUT2D eigenvalue weighted by Crippen LogP contribution is 2.54. The van der Waals surface area contributed by atoms with Gasteiger partial charge in [-0.1, -0.05) is 20.8 Å². The summed E-state index contributed by atoms with van der Waals surface area (Å²) in [5.74, 6) is 3.06. The quantitative estimate of drug-likeness (QED) is 0.399. The van der Waals surface area contributed by atoms with E-state index in [0.717, 1.165) is 23.5 Å². The summed E-state index contributed by atoms with van der Waals surface area (Å²) in [6.07, 6.45) is 7.51. The predicted molar refractivity (Wildman–Crippen MR) is 118 cm³/mol. The van der Waals surface area contributed by atoms with Gasteiger partial charge in [0.15, 0.2) is 0 Å². The largest absolute Gasteiger partial charge is 0.478 e. The van der Waals surface area contributed by atoms with Crippen LogP contribution in [0.2, 0.25) is 0 Å². The number of esters is 1. The van der Waals surface area contributed by atoms with E-state index in [-0.39, 0.29) is 5.92 Å². The van der Waals surface area contributed by atoms with Crippen LogP contribution in [0.1, 0.15) is 59.3 Å². The van der Waals surface area contributed by atoms with Gasteiger partial charge in [-0.05, 0) is 67.9 Å². The number of carbonyl (C=O) groups excluding carboxylic acids is 1. The fraction of sp³-hybridized carbons (Fsp3) is 0.905. The van der Waals surface area contributed by atoms with E-state index in [1.165, 1.54) is 50.3 Å². The maximum atomic E-state index is 11.4. The van der Waals surface area contributed by atoms with Crippen LogP contribution in [-0.4, -0.2) is 45.9 Å². The third-order valence-corrected chi connectivity index (χ3v) is 8.00. The molecule has 0 aliphatic heterocycles. The zero-order valence-electron chi connectivity index (χ0n) is 17.4. The van der Waals surface area contributed by atoms with Gasteiger partial charge in [0.2, 0.25) is 6.10 Å². The number of aliphatic carboxylic acids is 1. The molecule has 0 heterocycles. The molecule has 4 saturated carbocycles. The number of hydrogen-bond donors (Lipinski definition) is 3. The van der Waals surface area contributed by atoms with Gasteiger partial charge in [0.25, 0.3) is 0 Å². The van der Waals surface area contributed by atoms with Gasteiger partial charge >= 0.3 is 11.9 Å². The van der Waals surface area contributed by atoms with E-state index in [2.05, 4.69) is 26.5 Å². The molecule has 0 saturated heterocycles. The summed E-state index contributed by atoms with van der Waals surface area (Å²) in [6, 6.07) is 0. The van der Waals surface area contributed by atoms with E-state index in [0.29, 0.717) is 23.0 Å². The SMILES string of the molecule is CC(C)CSCC(OC(=O)[C@@H](C)CS)C(=O)O.NC12CC3CC(CC(C3)C1)C2. The molecule has 4 aliphatic rings. The summed E-state index contributed by atoms with van der Waals surface area (Å²) >= 11 is 5.45. The first kappa shape index (κ1) is 23.9. The zero-order valence-corrected chi connectivity index (χ0v) is 19.1. The van der Waals surface area contributed by atoms with Crippen LogP contribution >= 0.6 is 24.4 Å². The Labute approximate surface area is 179 Å². The fourth-order valence-electron chi connectivity index (χ4n) is 5.08. The summed E-state index contributed by atoms with van der Waals surface area (Å²) < 4.78 is 4.94. The third-order valence-electron chi connectivity index (χ3n) is 6.02. The number of thiol groups is 1. The minimum absolute atomic E-state index is 0.290. The van der Waals surface area contributed by atoms with E-state index < -0.39 is 18.0 Å². The van der Waals surface area contributed by atoms with Crippen molar-refractivity contribution >= 4 is 36.3 Å². The average Bonchev–Trinajstić information content (AvgIpc) is 2.58. The molecule has 0 spiro atoms. The molecule has 5 nitrogen and oxygen atoms in total. The molecule has 1 unspecified atom stereocenters. The molecule has 0 aromatic rings. The standard InChI is InChI=1S/C11H20O4S2.C10H17N/c1-7(2)5-17-6-9(10(12)13)15-11(14)8(3)4-16;11-10-4-7-1-8(5-10)3-9(2-7)6-10/h7-9,16H,4-6H2,1-3H3,(H,12,13);7-9H,1-6,11H2/t8-,9?;/m0./s1. The topological polar surface area (TPSA) is 89.6 Å². The number of ether oxygens (including phenoxy) is 1. The van der Waals surface area contributed by atoms with Crippen LogP contribution < -0.4 is 5.73 Å². The van der Waals surface area contributed by atoms with Gasteiger partial charge in [0, 0.05) is 17.0 Å². The van der Waals surface area contributed by atoms with Gasteiger partial charge < -0.3 is 15.6 Å². The Kier molecular flexibility index (Phi) is 9.02. The van der Waals surface area contributed by atoms with Gasteiger partial charge in [0.1, 0.15) is 0 Å². The lowest BCUT2D eigenvalue weighted by atomic mass is 9.53. The molecule has 162 valence electrons. The van der Waals surface area contributed by atoms with Crippen molar-refractivity contribution in [2.45, 2.75) is 70.9 Å². The molecular weight excluding hydrogens is 394 g/mol. The summed E-state index contributed by atoms with van der Waals surface area (Å²) in [5, 5.41) is 8.93. The van der Waals surface area contributed by atoms with Crippen LogP contribution in [0.25, 0.3) is 0 Å². The Bertz CT molecular complexity index is 505. The van der Waals surface area contributed by atoms with Crippen molar-refractivity contribution in [2.24, 2.45) is 35.3 Å². The number of carboxylic acids is 1. The first-order valence-electron chi connectivity index (χ1n) is 10.5. The normalized spacial score (nSPS) is 32.4. The maximum absolute atomic E-state index is 11.4. The number of carbonyl (C=O) groups is 2. The summed E-state index contributed by atoms with van der Waals surface area (Å²) in [6.45, 7) is 5.77. The van der Waals surface area contributed by atoms with Crippen molar-refractivity contribution in [3.8, 4) is 0 Å². The molecule has 0 aromatic heterocycles. The van der Waals surface area contributed by atoms with Crippen LogP contribution in [0.15, 0.2) is 0 Å². The lowest BCUT2D eigenvalue weighted by molar-refractivity contribution is -0.164. The summed E-state index contributed by atoms with van der Waals surface area (Å²) in [7, 11) is 0. The maximum Gasteiger partial charge on any atom is 0.345 e. The molecule has 4 rings (SSSR count). The molecule has 4 bridgehead atoms. The van der Waals surface area contributed by atoms with Crippen LogP contribution in [0, 0.1) is 29.6 Å². The zero-order chi connectivity index (χ0) is 20.9. The average molecular weight is 432 g/mol. The first-order valence-corrected chi connectivity index (χ1v) is 12.3. The minimum Gasteiger partial charge on any atom is -0.478 e. The van der Waals surface area contributed by atoms with E-state index in [9.17, 15) is 9.59 Å². The minimum atomic E-state index is -1.10. The summed E-state index contributed by atoms with van der Waals surface area (Å²) in [4.78, 5) is 22.4. The highest BCUT2D eigenvalue weighted by Gasteiger charge is 2.48. The van der Waals surface area contributed by atoms with Crippen molar-refractivity contribution < 1.29 is 19.4 Å². The molecule has 3 N–H and O–H groups in total. The molecule has 4 aliphatic carbocycles. The lowest BCUT2D eigenvalue weighted by Crippen LogP contribution is -2.55. The number of nitrogens with two attached hydrogens (primary N) is 1. The van der Waals surface area contributed by atoms with E-state index >= 15 is 0 Å². The molecule has 0 radical (unpaired) electrons. The summed E-state index contributed by atoms with van der Waals surface area (Å²) in [5.41, 5.74) is 6.62. The van der Waals surface area contributed by atoms with Gasteiger partial charge in [-0.2, -0.15) is 24.4 Å². The predicted octanol–water partition coefficient (Wildman–Crippen LogP) is 3.85. The Hall–Kier alpha value is -0.400. The Morgan fingerprint density at radius 1 is 1.11 bits per heavy atom. The van der Waals surface area contributed by atoms with Crippen LogP contribution in [-0.2, 0) is 14.3 Å².